The van der Waals surface area contributed by atoms with Crippen LogP contribution in [0.25, 0.3) is 6.08 Å². The second kappa shape index (κ2) is 4.92. The molecule has 0 aliphatic heterocycles. The molecule has 1 unspecified atom stereocenters. The van der Waals surface area contributed by atoms with Crippen LogP contribution in [0.4, 0.5) is 0 Å². The highest BCUT2D eigenvalue weighted by Gasteiger charge is 2.18. The standard InChI is InChI=1S/C14H16O/c15-14-9-5-4-8-13(14)11-10-12-6-2-1-3-7-12/h1-3,6-7,10-11,13H,4-5,8-9H2/b11-10-. The summed E-state index contributed by atoms with van der Waals surface area (Å²) in [5.74, 6) is 0.576. The molecule has 0 spiro atoms. The van der Waals surface area contributed by atoms with Crippen LogP contribution in [-0.4, -0.2) is 5.78 Å². The zero-order valence-electron chi connectivity index (χ0n) is 8.86. The maximum atomic E-state index is 11.6. The molecule has 1 fully saturated rings. The van der Waals surface area contributed by atoms with Crippen LogP contribution in [0.1, 0.15) is 31.2 Å². The van der Waals surface area contributed by atoms with Gasteiger partial charge >= 0.3 is 0 Å². The van der Waals surface area contributed by atoms with Crippen molar-refractivity contribution < 1.29 is 4.79 Å². The fourth-order valence-corrected chi connectivity index (χ4v) is 2.00. The Morgan fingerprint density at radius 2 is 1.93 bits per heavy atom. The summed E-state index contributed by atoms with van der Waals surface area (Å²) in [6.45, 7) is 0. The number of hydrogen-bond donors (Lipinski definition) is 0. The van der Waals surface area contributed by atoms with Crippen LogP contribution in [-0.2, 0) is 4.79 Å². The first kappa shape index (κ1) is 10.2. The van der Waals surface area contributed by atoms with E-state index in [1.165, 1.54) is 12.0 Å². The number of hydrogen-bond acceptors (Lipinski definition) is 1. The van der Waals surface area contributed by atoms with Crippen LogP contribution in [0, 0.1) is 5.92 Å². The predicted molar refractivity (Wildman–Crippen MR) is 62.4 cm³/mol. The Morgan fingerprint density at radius 1 is 1.13 bits per heavy atom. The first-order valence-electron chi connectivity index (χ1n) is 5.62. The topological polar surface area (TPSA) is 17.1 Å². The molecule has 0 aromatic heterocycles. The Balaban J connectivity index is 2.01. The van der Waals surface area contributed by atoms with Gasteiger partial charge < -0.3 is 0 Å². The Labute approximate surface area is 90.8 Å². The van der Waals surface area contributed by atoms with E-state index in [-0.39, 0.29) is 5.92 Å². The molecule has 1 aromatic rings. The van der Waals surface area contributed by atoms with Gasteiger partial charge in [-0.2, -0.15) is 0 Å². The molecule has 0 saturated heterocycles. The van der Waals surface area contributed by atoms with Crippen molar-refractivity contribution in [2.45, 2.75) is 25.7 Å². The second-order valence-corrected chi connectivity index (χ2v) is 4.09. The molecule has 1 aromatic carbocycles. The molecule has 1 atom stereocenters. The molecule has 15 heavy (non-hydrogen) atoms. The lowest BCUT2D eigenvalue weighted by molar-refractivity contribution is -0.122. The van der Waals surface area contributed by atoms with Crippen LogP contribution in [0.5, 0.6) is 0 Å². The van der Waals surface area contributed by atoms with Crippen molar-refractivity contribution in [2.24, 2.45) is 5.92 Å². The fourth-order valence-electron chi connectivity index (χ4n) is 2.00. The third kappa shape index (κ3) is 2.79. The SMILES string of the molecule is O=C1CCCCC1/C=C\c1ccccc1. The molecular weight excluding hydrogens is 184 g/mol. The minimum atomic E-state index is 0.166. The lowest BCUT2D eigenvalue weighted by Gasteiger charge is -2.16. The quantitative estimate of drug-likeness (QED) is 0.714. The van der Waals surface area contributed by atoms with Gasteiger partial charge in [-0.05, 0) is 18.4 Å². The van der Waals surface area contributed by atoms with E-state index in [2.05, 4.69) is 24.3 Å². The summed E-state index contributed by atoms with van der Waals surface area (Å²) in [7, 11) is 0. The maximum Gasteiger partial charge on any atom is 0.139 e. The average Bonchev–Trinajstić information content (AvgIpc) is 2.29. The molecule has 1 saturated carbocycles. The number of benzene rings is 1. The number of Topliss-reactive ketones (excluding diaryl/α,β-unsaturated/α-hetero) is 1. The number of rotatable bonds is 2. The summed E-state index contributed by atoms with van der Waals surface area (Å²) in [6, 6.07) is 10.2. The van der Waals surface area contributed by atoms with Crippen LogP contribution >= 0.6 is 0 Å². The van der Waals surface area contributed by atoms with Crippen LogP contribution < -0.4 is 0 Å². The highest BCUT2D eigenvalue weighted by atomic mass is 16.1. The third-order valence-electron chi connectivity index (χ3n) is 2.92. The van der Waals surface area contributed by atoms with Gasteiger partial charge in [0.2, 0.25) is 0 Å². The van der Waals surface area contributed by atoms with Gasteiger partial charge in [-0.3, -0.25) is 4.79 Å². The molecule has 2 rings (SSSR count). The number of allylic oxidation sites excluding steroid dienone is 1. The van der Waals surface area contributed by atoms with Gasteiger partial charge in [-0.25, -0.2) is 0 Å². The van der Waals surface area contributed by atoms with Gasteiger partial charge in [0.25, 0.3) is 0 Å². The Hall–Kier alpha value is -1.37. The van der Waals surface area contributed by atoms with Crippen LogP contribution in [0.15, 0.2) is 36.4 Å². The zero-order chi connectivity index (χ0) is 10.5. The Morgan fingerprint density at radius 3 is 2.67 bits per heavy atom. The van der Waals surface area contributed by atoms with Crippen molar-refractivity contribution in [3.8, 4) is 0 Å². The molecule has 0 radical (unpaired) electrons. The molecule has 0 amide bonds. The Bertz CT molecular complexity index is 351. The molecule has 0 heterocycles. The van der Waals surface area contributed by atoms with E-state index in [1.807, 2.05) is 18.2 Å². The van der Waals surface area contributed by atoms with Gasteiger partial charge in [-0.1, -0.05) is 48.9 Å². The summed E-state index contributed by atoms with van der Waals surface area (Å²) in [4.78, 5) is 11.6. The third-order valence-corrected chi connectivity index (χ3v) is 2.92. The van der Waals surface area contributed by atoms with E-state index in [4.69, 9.17) is 0 Å². The van der Waals surface area contributed by atoms with E-state index in [9.17, 15) is 4.79 Å². The number of ketones is 1. The van der Waals surface area contributed by atoms with E-state index in [1.54, 1.807) is 0 Å². The largest absolute Gasteiger partial charge is 0.299 e. The normalized spacial score (nSPS) is 22.1. The van der Waals surface area contributed by atoms with Crippen molar-refractivity contribution in [1.82, 2.24) is 0 Å². The number of carbonyl (C=O) groups excluding carboxylic acids is 1. The molecular formula is C14H16O. The predicted octanol–water partition coefficient (Wildman–Crippen LogP) is 3.46. The molecule has 78 valence electrons. The van der Waals surface area contributed by atoms with E-state index < -0.39 is 0 Å². The van der Waals surface area contributed by atoms with Gasteiger partial charge in [0, 0.05) is 12.3 Å². The monoisotopic (exact) mass is 200 g/mol. The highest BCUT2D eigenvalue weighted by Crippen LogP contribution is 2.22. The van der Waals surface area contributed by atoms with Crippen molar-refractivity contribution in [3.63, 3.8) is 0 Å². The molecule has 1 nitrogen and oxygen atoms in total. The summed E-state index contributed by atoms with van der Waals surface area (Å²) >= 11 is 0. The lowest BCUT2D eigenvalue weighted by atomic mass is 9.87. The van der Waals surface area contributed by atoms with Crippen molar-refractivity contribution in [2.75, 3.05) is 0 Å². The summed E-state index contributed by atoms with van der Waals surface area (Å²) in [6.07, 6.45) is 8.20. The Kier molecular flexibility index (Phi) is 3.33. The van der Waals surface area contributed by atoms with Crippen LogP contribution in [0.2, 0.25) is 0 Å². The fraction of sp³-hybridized carbons (Fsp3) is 0.357. The van der Waals surface area contributed by atoms with Crippen molar-refractivity contribution in [1.29, 1.82) is 0 Å². The molecule has 1 aliphatic carbocycles. The van der Waals surface area contributed by atoms with Crippen LogP contribution in [0.3, 0.4) is 0 Å². The van der Waals surface area contributed by atoms with Gasteiger partial charge in [0.1, 0.15) is 5.78 Å². The van der Waals surface area contributed by atoms with Gasteiger partial charge in [0.15, 0.2) is 0 Å². The van der Waals surface area contributed by atoms with Crippen molar-refractivity contribution >= 4 is 11.9 Å². The molecule has 1 heteroatoms. The van der Waals surface area contributed by atoms with Gasteiger partial charge in [-0.15, -0.1) is 0 Å². The van der Waals surface area contributed by atoms with E-state index in [0.29, 0.717) is 5.78 Å². The molecule has 0 bridgehead atoms. The summed E-state index contributed by atoms with van der Waals surface area (Å²) < 4.78 is 0. The maximum absolute atomic E-state index is 11.6. The minimum absolute atomic E-state index is 0.166. The zero-order valence-corrected chi connectivity index (χ0v) is 8.86. The lowest BCUT2D eigenvalue weighted by Crippen LogP contribution is -2.16. The molecule has 0 N–H and O–H groups in total. The number of carbonyl (C=O) groups is 1. The first-order chi connectivity index (χ1) is 7.36. The second-order valence-electron chi connectivity index (χ2n) is 4.09. The first-order valence-corrected chi connectivity index (χ1v) is 5.62. The molecule has 1 aliphatic rings. The van der Waals surface area contributed by atoms with Crippen molar-refractivity contribution in [3.05, 3.63) is 42.0 Å². The summed E-state index contributed by atoms with van der Waals surface area (Å²) in [5.41, 5.74) is 1.18. The average molecular weight is 200 g/mol. The minimum Gasteiger partial charge on any atom is -0.299 e. The van der Waals surface area contributed by atoms with Gasteiger partial charge in [0.05, 0.1) is 0 Å². The van der Waals surface area contributed by atoms with E-state index >= 15 is 0 Å². The highest BCUT2D eigenvalue weighted by molar-refractivity contribution is 5.84. The smallest absolute Gasteiger partial charge is 0.139 e. The summed E-state index contributed by atoms with van der Waals surface area (Å²) in [5, 5.41) is 0. The van der Waals surface area contributed by atoms with E-state index in [0.717, 1.165) is 19.3 Å².